The first-order chi connectivity index (χ1) is 10.4. The average molecular weight is 310 g/mol. The Morgan fingerprint density at radius 3 is 2.50 bits per heavy atom. The first-order valence-corrected chi connectivity index (χ1v) is 8.16. The van der Waals surface area contributed by atoms with Gasteiger partial charge in [0.05, 0.1) is 6.61 Å². The molecular formula is C16H30N4O2. The Bertz CT molecular complexity index is 447. The molecule has 0 N–H and O–H groups in total. The summed E-state index contributed by atoms with van der Waals surface area (Å²) in [7, 11) is 3.80. The van der Waals surface area contributed by atoms with E-state index in [0.29, 0.717) is 17.8 Å². The Morgan fingerprint density at radius 2 is 1.95 bits per heavy atom. The molecule has 0 aliphatic carbocycles. The van der Waals surface area contributed by atoms with E-state index in [4.69, 9.17) is 9.15 Å². The number of hydrogen-bond acceptors (Lipinski definition) is 6. The van der Waals surface area contributed by atoms with Crippen molar-refractivity contribution in [1.29, 1.82) is 0 Å². The summed E-state index contributed by atoms with van der Waals surface area (Å²) in [6.45, 7) is 11.4. The summed E-state index contributed by atoms with van der Waals surface area (Å²) in [5.41, 5.74) is -0.0984. The summed E-state index contributed by atoms with van der Waals surface area (Å²) < 4.78 is 10.9. The van der Waals surface area contributed by atoms with Gasteiger partial charge in [-0.1, -0.05) is 25.9 Å². The van der Waals surface area contributed by atoms with Crippen LogP contribution >= 0.6 is 0 Å². The van der Waals surface area contributed by atoms with Gasteiger partial charge in [-0.15, -0.1) is 5.10 Å². The van der Waals surface area contributed by atoms with Crippen LogP contribution < -0.4 is 4.90 Å². The Labute approximate surface area is 133 Å². The van der Waals surface area contributed by atoms with Gasteiger partial charge in [-0.3, -0.25) is 0 Å². The minimum absolute atomic E-state index is 0.0984. The highest BCUT2D eigenvalue weighted by atomic mass is 16.5. The largest absolute Gasteiger partial charge is 0.407 e. The van der Waals surface area contributed by atoms with E-state index in [-0.39, 0.29) is 5.41 Å². The lowest BCUT2D eigenvalue weighted by Gasteiger charge is -2.33. The van der Waals surface area contributed by atoms with E-state index >= 15 is 0 Å². The summed E-state index contributed by atoms with van der Waals surface area (Å²) in [4.78, 5) is 4.57. The number of methoxy groups -OCH3 is 1. The Hall–Kier alpha value is -1.14. The lowest BCUT2D eigenvalue weighted by molar-refractivity contribution is 0.121. The van der Waals surface area contributed by atoms with E-state index in [1.807, 2.05) is 7.05 Å². The van der Waals surface area contributed by atoms with Gasteiger partial charge in [-0.25, -0.2) is 0 Å². The van der Waals surface area contributed by atoms with E-state index < -0.39 is 0 Å². The van der Waals surface area contributed by atoms with Crippen molar-refractivity contribution >= 4 is 6.01 Å². The van der Waals surface area contributed by atoms with E-state index in [1.54, 1.807) is 7.11 Å². The molecule has 0 spiro atoms. The quantitative estimate of drug-likeness (QED) is 0.802. The first kappa shape index (κ1) is 17.2. The van der Waals surface area contributed by atoms with Crippen LogP contribution in [0.5, 0.6) is 0 Å². The second-order valence-corrected chi connectivity index (χ2v) is 7.30. The van der Waals surface area contributed by atoms with Crippen LogP contribution in [0.15, 0.2) is 4.42 Å². The number of likely N-dealkylation sites (tertiary alicyclic amines) is 1. The number of hydrogen-bond donors (Lipinski definition) is 0. The van der Waals surface area contributed by atoms with E-state index in [2.05, 4.69) is 40.8 Å². The van der Waals surface area contributed by atoms with Crippen LogP contribution in [0.3, 0.4) is 0 Å². The molecule has 1 saturated heterocycles. The standard InChI is InChI=1S/C16H30N4O2/c1-16(2,3)14-17-18-15(22-14)19(4)12-13-6-8-20(9-7-13)10-11-21-5/h13H,6-12H2,1-5H3. The van der Waals surface area contributed by atoms with E-state index in [1.165, 1.54) is 12.8 Å². The molecule has 0 radical (unpaired) electrons. The predicted molar refractivity (Wildman–Crippen MR) is 87.3 cm³/mol. The minimum Gasteiger partial charge on any atom is -0.407 e. The van der Waals surface area contributed by atoms with E-state index in [0.717, 1.165) is 32.8 Å². The zero-order valence-corrected chi connectivity index (χ0v) is 14.6. The Balaban J connectivity index is 1.80. The molecule has 1 aromatic heterocycles. The van der Waals surface area contributed by atoms with Crippen LogP contribution in [0.1, 0.15) is 39.5 Å². The number of rotatable bonds is 6. The van der Waals surface area contributed by atoms with Crippen molar-refractivity contribution in [2.24, 2.45) is 5.92 Å². The summed E-state index contributed by atoms with van der Waals surface area (Å²) in [6.07, 6.45) is 2.43. The molecule has 0 amide bonds. The fourth-order valence-corrected chi connectivity index (χ4v) is 2.75. The SMILES string of the molecule is COCCN1CCC(CN(C)c2nnc(C(C)(C)C)o2)CC1. The highest BCUT2D eigenvalue weighted by Crippen LogP contribution is 2.25. The molecule has 0 aromatic carbocycles. The molecule has 0 unspecified atom stereocenters. The Morgan fingerprint density at radius 1 is 1.27 bits per heavy atom. The molecule has 1 fully saturated rings. The van der Waals surface area contributed by atoms with Crippen molar-refractivity contribution in [3.05, 3.63) is 5.89 Å². The molecule has 1 aliphatic rings. The smallest absolute Gasteiger partial charge is 0.317 e. The molecule has 126 valence electrons. The maximum Gasteiger partial charge on any atom is 0.317 e. The topological polar surface area (TPSA) is 54.6 Å². The minimum atomic E-state index is -0.0984. The van der Waals surface area contributed by atoms with Gasteiger partial charge in [0.25, 0.3) is 0 Å². The molecule has 1 aliphatic heterocycles. The number of nitrogens with zero attached hydrogens (tertiary/aromatic N) is 4. The maximum absolute atomic E-state index is 5.80. The van der Waals surface area contributed by atoms with Crippen LogP contribution in [0, 0.1) is 5.92 Å². The first-order valence-electron chi connectivity index (χ1n) is 8.16. The summed E-state index contributed by atoms with van der Waals surface area (Å²) in [6, 6.07) is 0.631. The van der Waals surface area contributed by atoms with Gasteiger partial charge in [0.15, 0.2) is 0 Å². The number of anilines is 1. The summed E-state index contributed by atoms with van der Waals surface area (Å²) in [5.74, 6) is 1.39. The van der Waals surface area contributed by atoms with Crippen LogP contribution in [-0.2, 0) is 10.2 Å². The van der Waals surface area contributed by atoms with Gasteiger partial charge in [0, 0.05) is 32.7 Å². The molecule has 0 saturated carbocycles. The van der Waals surface area contributed by atoms with Crippen molar-refractivity contribution in [2.75, 3.05) is 51.8 Å². The molecule has 1 aromatic rings. The third-order valence-corrected chi connectivity index (χ3v) is 4.23. The Kier molecular flexibility index (Phi) is 5.81. The molecule has 22 heavy (non-hydrogen) atoms. The van der Waals surface area contributed by atoms with Gasteiger partial charge in [0.2, 0.25) is 5.89 Å². The fraction of sp³-hybridized carbons (Fsp3) is 0.875. The second kappa shape index (κ2) is 7.42. The average Bonchev–Trinajstić information content (AvgIpc) is 2.96. The molecule has 2 rings (SSSR count). The molecule has 6 nitrogen and oxygen atoms in total. The number of aromatic nitrogens is 2. The molecule has 0 bridgehead atoms. The van der Waals surface area contributed by atoms with Gasteiger partial charge in [-0.05, 0) is 31.8 Å². The van der Waals surface area contributed by atoms with Crippen molar-refractivity contribution < 1.29 is 9.15 Å². The highest BCUT2D eigenvalue weighted by molar-refractivity contribution is 5.23. The zero-order valence-electron chi connectivity index (χ0n) is 14.6. The highest BCUT2D eigenvalue weighted by Gasteiger charge is 2.25. The van der Waals surface area contributed by atoms with Crippen LogP contribution in [-0.4, -0.2) is 62.0 Å². The van der Waals surface area contributed by atoms with Crippen molar-refractivity contribution in [3.63, 3.8) is 0 Å². The van der Waals surface area contributed by atoms with Crippen LogP contribution in [0.4, 0.5) is 6.01 Å². The van der Waals surface area contributed by atoms with E-state index in [9.17, 15) is 0 Å². The normalized spacial score (nSPS) is 17.9. The third kappa shape index (κ3) is 4.68. The van der Waals surface area contributed by atoms with Gasteiger partial charge in [-0.2, -0.15) is 0 Å². The van der Waals surface area contributed by atoms with Gasteiger partial charge >= 0.3 is 6.01 Å². The van der Waals surface area contributed by atoms with Crippen molar-refractivity contribution in [1.82, 2.24) is 15.1 Å². The fourth-order valence-electron chi connectivity index (χ4n) is 2.75. The third-order valence-electron chi connectivity index (χ3n) is 4.23. The van der Waals surface area contributed by atoms with Gasteiger partial charge < -0.3 is 19.0 Å². The second-order valence-electron chi connectivity index (χ2n) is 7.30. The zero-order chi connectivity index (χ0) is 16.2. The van der Waals surface area contributed by atoms with Gasteiger partial charge in [0.1, 0.15) is 0 Å². The monoisotopic (exact) mass is 310 g/mol. The van der Waals surface area contributed by atoms with Crippen molar-refractivity contribution in [3.8, 4) is 0 Å². The molecule has 6 heteroatoms. The maximum atomic E-state index is 5.80. The summed E-state index contributed by atoms with van der Waals surface area (Å²) >= 11 is 0. The van der Waals surface area contributed by atoms with Crippen molar-refractivity contribution in [2.45, 2.75) is 39.0 Å². The summed E-state index contributed by atoms with van der Waals surface area (Å²) in [5, 5.41) is 8.35. The lowest BCUT2D eigenvalue weighted by Crippen LogP contribution is -2.39. The lowest BCUT2D eigenvalue weighted by atomic mass is 9.96. The molecular weight excluding hydrogens is 280 g/mol. The molecule has 2 heterocycles. The predicted octanol–water partition coefficient (Wildman–Crippen LogP) is 2.16. The van der Waals surface area contributed by atoms with Crippen LogP contribution in [0.25, 0.3) is 0 Å². The molecule has 0 atom stereocenters. The number of piperidine rings is 1. The number of ether oxygens (including phenoxy) is 1. The van der Waals surface area contributed by atoms with Crippen LogP contribution in [0.2, 0.25) is 0 Å².